The van der Waals surface area contributed by atoms with Gasteiger partial charge in [0.1, 0.15) is 0 Å². The second-order valence-electron chi connectivity index (χ2n) is 7.00. The van der Waals surface area contributed by atoms with E-state index in [1.807, 2.05) is 60.4 Å². The molecule has 2 amide bonds. The standard InChI is InChI=1S/C22H26N2O2/c1-3-17-9-11-20(12-10-17)23-21(25)19-8-5-13-24(15-19)22(26)18-7-4-6-16(2)14-18/h4,6-7,9-12,14,19H,3,5,8,13,15H2,1-2H3,(H,23,25). The van der Waals surface area contributed by atoms with Crippen LogP contribution in [-0.2, 0) is 11.2 Å². The van der Waals surface area contributed by atoms with E-state index in [0.29, 0.717) is 18.7 Å². The second-order valence-corrected chi connectivity index (χ2v) is 7.00. The highest BCUT2D eigenvalue weighted by atomic mass is 16.2. The Morgan fingerprint density at radius 3 is 2.62 bits per heavy atom. The van der Waals surface area contributed by atoms with Crippen molar-refractivity contribution in [1.82, 2.24) is 4.90 Å². The van der Waals surface area contributed by atoms with E-state index in [2.05, 4.69) is 12.2 Å². The van der Waals surface area contributed by atoms with Crippen molar-refractivity contribution in [3.05, 3.63) is 65.2 Å². The number of piperidine rings is 1. The molecule has 3 rings (SSSR count). The molecule has 1 aliphatic heterocycles. The van der Waals surface area contributed by atoms with Gasteiger partial charge >= 0.3 is 0 Å². The highest BCUT2D eigenvalue weighted by Gasteiger charge is 2.29. The smallest absolute Gasteiger partial charge is 0.253 e. The third-order valence-electron chi connectivity index (χ3n) is 4.97. The molecule has 4 heteroatoms. The minimum atomic E-state index is -0.164. The normalized spacial score (nSPS) is 17.0. The van der Waals surface area contributed by atoms with E-state index in [1.54, 1.807) is 0 Å². The number of carbonyl (C=O) groups is 2. The van der Waals surface area contributed by atoms with Gasteiger partial charge in [0.2, 0.25) is 5.91 Å². The van der Waals surface area contributed by atoms with Crippen molar-refractivity contribution in [3.63, 3.8) is 0 Å². The lowest BCUT2D eigenvalue weighted by Crippen LogP contribution is -2.43. The predicted molar refractivity (Wildman–Crippen MR) is 104 cm³/mol. The van der Waals surface area contributed by atoms with Gasteiger partial charge in [-0.1, -0.05) is 36.8 Å². The van der Waals surface area contributed by atoms with E-state index < -0.39 is 0 Å². The zero-order valence-electron chi connectivity index (χ0n) is 15.5. The fourth-order valence-electron chi connectivity index (χ4n) is 3.40. The van der Waals surface area contributed by atoms with Gasteiger partial charge in [-0.25, -0.2) is 0 Å². The maximum atomic E-state index is 12.7. The second kappa shape index (κ2) is 8.17. The van der Waals surface area contributed by atoms with Gasteiger partial charge in [0.15, 0.2) is 0 Å². The van der Waals surface area contributed by atoms with Crippen LogP contribution in [0.3, 0.4) is 0 Å². The molecule has 1 heterocycles. The van der Waals surface area contributed by atoms with Crippen LogP contribution in [0.5, 0.6) is 0 Å². The molecule has 0 bridgehead atoms. The number of hydrogen-bond donors (Lipinski definition) is 1. The topological polar surface area (TPSA) is 49.4 Å². The molecule has 1 atom stereocenters. The van der Waals surface area contributed by atoms with E-state index in [4.69, 9.17) is 0 Å². The average Bonchev–Trinajstić information content (AvgIpc) is 2.68. The van der Waals surface area contributed by atoms with Crippen molar-refractivity contribution in [1.29, 1.82) is 0 Å². The van der Waals surface area contributed by atoms with Crippen LogP contribution in [0.15, 0.2) is 48.5 Å². The Hall–Kier alpha value is -2.62. The lowest BCUT2D eigenvalue weighted by molar-refractivity contribution is -0.121. The number of anilines is 1. The molecule has 1 saturated heterocycles. The lowest BCUT2D eigenvalue weighted by atomic mass is 9.96. The van der Waals surface area contributed by atoms with Crippen LogP contribution in [0, 0.1) is 12.8 Å². The Balaban J connectivity index is 1.63. The average molecular weight is 350 g/mol. The molecule has 1 unspecified atom stereocenters. The van der Waals surface area contributed by atoms with Crippen LogP contribution < -0.4 is 5.32 Å². The highest BCUT2D eigenvalue weighted by molar-refractivity contribution is 5.96. The molecule has 1 aliphatic rings. The van der Waals surface area contributed by atoms with E-state index in [9.17, 15) is 9.59 Å². The molecule has 0 saturated carbocycles. The first-order chi connectivity index (χ1) is 12.6. The number of rotatable bonds is 4. The number of aryl methyl sites for hydroxylation is 2. The molecule has 0 aliphatic carbocycles. The van der Waals surface area contributed by atoms with E-state index in [0.717, 1.165) is 30.5 Å². The fraction of sp³-hybridized carbons (Fsp3) is 0.364. The third kappa shape index (κ3) is 4.31. The van der Waals surface area contributed by atoms with Crippen molar-refractivity contribution in [3.8, 4) is 0 Å². The van der Waals surface area contributed by atoms with Crippen molar-refractivity contribution < 1.29 is 9.59 Å². The van der Waals surface area contributed by atoms with Crippen LogP contribution >= 0.6 is 0 Å². The summed E-state index contributed by atoms with van der Waals surface area (Å²) in [6, 6.07) is 15.6. The minimum Gasteiger partial charge on any atom is -0.338 e. The molecule has 2 aromatic carbocycles. The van der Waals surface area contributed by atoms with Gasteiger partial charge in [-0.15, -0.1) is 0 Å². The summed E-state index contributed by atoms with van der Waals surface area (Å²) in [6.45, 7) is 5.27. The summed E-state index contributed by atoms with van der Waals surface area (Å²) in [5, 5.41) is 2.99. The van der Waals surface area contributed by atoms with Crippen LogP contribution in [-0.4, -0.2) is 29.8 Å². The first kappa shape index (κ1) is 18.2. The van der Waals surface area contributed by atoms with E-state index in [-0.39, 0.29) is 17.7 Å². The molecule has 1 fully saturated rings. The fourth-order valence-corrected chi connectivity index (χ4v) is 3.40. The molecular weight excluding hydrogens is 324 g/mol. The van der Waals surface area contributed by atoms with Crippen molar-refractivity contribution >= 4 is 17.5 Å². The van der Waals surface area contributed by atoms with E-state index in [1.165, 1.54) is 5.56 Å². The molecule has 2 aromatic rings. The Morgan fingerprint density at radius 2 is 1.92 bits per heavy atom. The third-order valence-corrected chi connectivity index (χ3v) is 4.97. The predicted octanol–water partition coefficient (Wildman–Crippen LogP) is 4.05. The number of nitrogens with one attached hydrogen (secondary N) is 1. The maximum absolute atomic E-state index is 12.7. The van der Waals surface area contributed by atoms with Gasteiger partial charge in [-0.05, 0) is 56.0 Å². The quantitative estimate of drug-likeness (QED) is 0.904. The number of carbonyl (C=O) groups excluding carboxylic acids is 2. The van der Waals surface area contributed by atoms with Gasteiger partial charge in [0.25, 0.3) is 5.91 Å². The highest BCUT2D eigenvalue weighted by Crippen LogP contribution is 2.21. The van der Waals surface area contributed by atoms with Gasteiger partial charge in [-0.2, -0.15) is 0 Å². The Morgan fingerprint density at radius 1 is 1.15 bits per heavy atom. The lowest BCUT2D eigenvalue weighted by Gasteiger charge is -2.32. The zero-order valence-corrected chi connectivity index (χ0v) is 15.5. The van der Waals surface area contributed by atoms with Crippen LogP contribution in [0.1, 0.15) is 41.3 Å². The number of benzene rings is 2. The molecular formula is C22H26N2O2. The summed E-state index contributed by atoms with van der Waals surface area (Å²) in [4.78, 5) is 27.2. The summed E-state index contributed by atoms with van der Waals surface area (Å²) in [6.07, 6.45) is 2.65. The van der Waals surface area contributed by atoms with Crippen LogP contribution in [0.2, 0.25) is 0 Å². The van der Waals surface area contributed by atoms with Gasteiger partial charge in [0, 0.05) is 24.3 Å². The molecule has 136 valence electrons. The number of nitrogens with zero attached hydrogens (tertiary/aromatic N) is 1. The summed E-state index contributed by atoms with van der Waals surface area (Å²) in [5.74, 6) is -0.155. The largest absolute Gasteiger partial charge is 0.338 e. The number of amides is 2. The monoisotopic (exact) mass is 350 g/mol. The van der Waals surface area contributed by atoms with Crippen molar-refractivity contribution in [2.45, 2.75) is 33.1 Å². The maximum Gasteiger partial charge on any atom is 0.253 e. The van der Waals surface area contributed by atoms with Crippen LogP contribution in [0.4, 0.5) is 5.69 Å². The molecule has 4 nitrogen and oxygen atoms in total. The summed E-state index contributed by atoms with van der Waals surface area (Å²) < 4.78 is 0. The zero-order chi connectivity index (χ0) is 18.5. The molecule has 1 N–H and O–H groups in total. The molecule has 0 spiro atoms. The summed E-state index contributed by atoms with van der Waals surface area (Å²) in [7, 11) is 0. The SMILES string of the molecule is CCc1ccc(NC(=O)C2CCCN(C(=O)c3cccc(C)c3)C2)cc1. The van der Waals surface area contributed by atoms with Gasteiger partial charge in [-0.3, -0.25) is 9.59 Å². The summed E-state index contributed by atoms with van der Waals surface area (Å²) >= 11 is 0. The van der Waals surface area contributed by atoms with Crippen molar-refractivity contribution in [2.24, 2.45) is 5.92 Å². The Labute approximate surface area is 155 Å². The number of likely N-dealkylation sites (tertiary alicyclic amines) is 1. The first-order valence-corrected chi connectivity index (χ1v) is 9.32. The number of hydrogen-bond acceptors (Lipinski definition) is 2. The minimum absolute atomic E-state index is 0.00371. The Bertz CT molecular complexity index is 783. The van der Waals surface area contributed by atoms with Gasteiger partial charge < -0.3 is 10.2 Å². The van der Waals surface area contributed by atoms with Gasteiger partial charge in [0.05, 0.1) is 5.92 Å². The molecule has 0 aromatic heterocycles. The van der Waals surface area contributed by atoms with Crippen LogP contribution in [0.25, 0.3) is 0 Å². The summed E-state index contributed by atoms with van der Waals surface area (Å²) in [5.41, 5.74) is 3.82. The Kier molecular flexibility index (Phi) is 5.71. The molecule has 0 radical (unpaired) electrons. The molecule has 26 heavy (non-hydrogen) atoms. The first-order valence-electron chi connectivity index (χ1n) is 9.32. The van der Waals surface area contributed by atoms with E-state index >= 15 is 0 Å². The van der Waals surface area contributed by atoms with Crippen molar-refractivity contribution in [2.75, 3.05) is 18.4 Å².